The van der Waals surface area contributed by atoms with Gasteiger partial charge in [0.2, 0.25) is 0 Å². The zero-order chi connectivity index (χ0) is 24.1. The summed E-state index contributed by atoms with van der Waals surface area (Å²) in [7, 11) is 1.58. The van der Waals surface area contributed by atoms with E-state index in [4.69, 9.17) is 14.1 Å². The van der Waals surface area contributed by atoms with Crippen LogP contribution in [-0.4, -0.2) is 34.2 Å². The molecule has 0 radical (unpaired) electrons. The number of para-hydroxylation sites is 2. The average molecular weight is 525 g/mol. The molecule has 9 heteroatoms. The molecule has 2 aromatic heterocycles. The molecule has 1 unspecified atom stereocenters. The molecule has 8 nitrogen and oxygen atoms in total. The van der Waals surface area contributed by atoms with Gasteiger partial charge in [-0.15, -0.1) is 0 Å². The Hall–Kier alpha value is -3.43. The fraction of sp³-hybridized carbons (Fsp3) is 0.240. The quantitative estimate of drug-likeness (QED) is 0.342. The third-order valence-electron chi connectivity index (χ3n) is 5.53. The summed E-state index contributed by atoms with van der Waals surface area (Å²) in [6.45, 7) is 2.69. The first-order chi connectivity index (χ1) is 16.5. The standard InChI is InChI=1S/C25H25BrN4O4/c1-17(23-27-21-11-5-3-9-19(21)24(31)29(23)13-15-33-2)30(16-18-8-7-14-34-18)25(32)28-22-12-6-4-10-20(22)26/h3-12,14,17H,13,15-16H2,1-2H3,(H,28,32). The minimum absolute atomic E-state index is 0.173. The number of furan rings is 1. The lowest BCUT2D eigenvalue weighted by Crippen LogP contribution is -2.40. The van der Waals surface area contributed by atoms with Gasteiger partial charge in [-0.05, 0) is 59.3 Å². The van der Waals surface area contributed by atoms with Crippen LogP contribution < -0.4 is 10.9 Å². The Balaban J connectivity index is 1.77. The van der Waals surface area contributed by atoms with Crippen LogP contribution in [0.4, 0.5) is 10.5 Å². The Morgan fingerprint density at radius 2 is 1.94 bits per heavy atom. The number of nitrogens with one attached hydrogen (secondary N) is 1. The summed E-state index contributed by atoms with van der Waals surface area (Å²) in [6.07, 6.45) is 1.56. The number of ether oxygens (including phenoxy) is 1. The van der Waals surface area contributed by atoms with Crippen molar-refractivity contribution in [3.63, 3.8) is 0 Å². The fourth-order valence-corrected chi connectivity index (χ4v) is 4.13. The Morgan fingerprint density at radius 3 is 2.68 bits per heavy atom. The monoisotopic (exact) mass is 524 g/mol. The minimum Gasteiger partial charge on any atom is -0.467 e. The highest BCUT2D eigenvalue weighted by molar-refractivity contribution is 9.10. The first kappa shape index (κ1) is 23.7. The molecular weight excluding hydrogens is 500 g/mol. The number of nitrogens with zero attached hydrogens (tertiary/aromatic N) is 3. The topological polar surface area (TPSA) is 89.6 Å². The normalized spacial score (nSPS) is 12.0. The Morgan fingerprint density at radius 1 is 1.18 bits per heavy atom. The highest BCUT2D eigenvalue weighted by Gasteiger charge is 2.27. The van der Waals surface area contributed by atoms with Crippen LogP contribution in [0.1, 0.15) is 24.6 Å². The Kier molecular flexibility index (Phi) is 7.44. The molecule has 176 valence electrons. The van der Waals surface area contributed by atoms with Crippen molar-refractivity contribution < 1.29 is 13.9 Å². The number of hydrogen-bond acceptors (Lipinski definition) is 5. The van der Waals surface area contributed by atoms with Crippen molar-refractivity contribution in [2.45, 2.75) is 26.1 Å². The fourth-order valence-electron chi connectivity index (χ4n) is 3.75. The number of fused-ring (bicyclic) bond motifs is 1. The van der Waals surface area contributed by atoms with Gasteiger partial charge < -0.3 is 19.4 Å². The Bertz CT molecular complexity index is 1340. The van der Waals surface area contributed by atoms with Crippen molar-refractivity contribution in [1.82, 2.24) is 14.5 Å². The van der Waals surface area contributed by atoms with Crippen molar-refractivity contribution in [3.05, 3.63) is 93.3 Å². The highest BCUT2D eigenvalue weighted by atomic mass is 79.9. The molecule has 0 fully saturated rings. The maximum atomic E-state index is 13.5. The molecule has 2 aromatic carbocycles. The largest absolute Gasteiger partial charge is 0.467 e. The van der Waals surface area contributed by atoms with Crippen molar-refractivity contribution in [1.29, 1.82) is 0 Å². The van der Waals surface area contributed by atoms with E-state index >= 15 is 0 Å². The van der Waals surface area contributed by atoms with Gasteiger partial charge in [0.05, 0.1) is 48.6 Å². The van der Waals surface area contributed by atoms with E-state index in [1.807, 2.05) is 37.3 Å². The number of benzene rings is 2. The molecule has 0 aliphatic carbocycles. The number of hydrogen-bond donors (Lipinski definition) is 1. The van der Waals surface area contributed by atoms with Crippen molar-refractivity contribution in [3.8, 4) is 0 Å². The molecule has 4 aromatic rings. The van der Waals surface area contributed by atoms with Gasteiger partial charge >= 0.3 is 6.03 Å². The van der Waals surface area contributed by atoms with Crippen LogP contribution in [0.25, 0.3) is 10.9 Å². The zero-order valence-corrected chi connectivity index (χ0v) is 20.5. The molecule has 4 rings (SSSR count). The second-order valence-corrected chi connectivity index (χ2v) is 8.58. The van der Waals surface area contributed by atoms with E-state index in [1.54, 1.807) is 53.2 Å². The predicted molar refractivity (Wildman–Crippen MR) is 134 cm³/mol. The smallest absolute Gasteiger partial charge is 0.322 e. The summed E-state index contributed by atoms with van der Waals surface area (Å²) in [5.74, 6) is 1.08. The molecule has 34 heavy (non-hydrogen) atoms. The van der Waals surface area contributed by atoms with E-state index in [0.717, 1.165) is 4.47 Å². The molecule has 0 spiro atoms. The first-order valence-corrected chi connectivity index (χ1v) is 11.6. The van der Waals surface area contributed by atoms with Gasteiger partial charge in [-0.3, -0.25) is 9.36 Å². The molecule has 0 aliphatic rings. The number of carbonyl (C=O) groups excluding carboxylic acids is 1. The van der Waals surface area contributed by atoms with Crippen molar-refractivity contribution in [2.24, 2.45) is 0 Å². The summed E-state index contributed by atoms with van der Waals surface area (Å²) in [5.41, 5.74) is 1.04. The minimum atomic E-state index is -0.554. The average Bonchev–Trinajstić information content (AvgIpc) is 3.36. The van der Waals surface area contributed by atoms with Gasteiger partial charge in [-0.2, -0.15) is 0 Å². The maximum Gasteiger partial charge on any atom is 0.322 e. The van der Waals surface area contributed by atoms with Gasteiger partial charge in [0.1, 0.15) is 11.6 Å². The van der Waals surface area contributed by atoms with Crippen LogP contribution in [0.3, 0.4) is 0 Å². The van der Waals surface area contributed by atoms with Crippen molar-refractivity contribution >= 4 is 38.6 Å². The van der Waals surface area contributed by atoms with E-state index in [1.165, 1.54) is 0 Å². The second kappa shape index (κ2) is 10.7. The number of amides is 2. The van der Waals surface area contributed by atoms with E-state index in [2.05, 4.69) is 21.2 Å². The number of anilines is 1. The summed E-state index contributed by atoms with van der Waals surface area (Å²) in [5, 5.41) is 3.46. The molecule has 0 saturated heterocycles. The van der Waals surface area contributed by atoms with Gasteiger partial charge in [0.15, 0.2) is 0 Å². The summed E-state index contributed by atoms with van der Waals surface area (Å²) in [4.78, 5) is 33.2. The van der Waals surface area contributed by atoms with Crippen LogP contribution in [0.5, 0.6) is 0 Å². The lowest BCUT2D eigenvalue weighted by molar-refractivity contribution is 0.168. The van der Waals surface area contributed by atoms with Crippen LogP contribution in [-0.2, 0) is 17.8 Å². The van der Waals surface area contributed by atoms with Gasteiger partial charge in [0.25, 0.3) is 5.56 Å². The zero-order valence-electron chi connectivity index (χ0n) is 18.9. The third kappa shape index (κ3) is 5.05. The van der Waals surface area contributed by atoms with E-state index in [0.29, 0.717) is 41.3 Å². The third-order valence-corrected chi connectivity index (χ3v) is 6.23. The van der Waals surface area contributed by atoms with Crippen LogP contribution in [0.15, 0.2) is 80.6 Å². The number of halogens is 1. The van der Waals surface area contributed by atoms with Gasteiger partial charge in [-0.25, -0.2) is 9.78 Å². The number of rotatable bonds is 8. The molecule has 2 amide bonds. The predicted octanol–water partition coefficient (Wildman–Crippen LogP) is 5.19. The van der Waals surface area contributed by atoms with E-state index < -0.39 is 6.04 Å². The van der Waals surface area contributed by atoms with E-state index in [-0.39, 0.29) is 18.1 Å². The lowest BCUT2D eigenvalue weighted by Gasteiger charge is -2.30. The van der Waals surface area contributed by atoms with Gasteiger partial charge in [0, 0.05) is 11.6 Å². The number of methoxy groups -OCH3 is 1. The SMILES string of the molecule is COCCn1c(C(C)N(Cc2ccco2)C(=O)Nc2ccccc2Br)nc2ccccc2c1=O. The summed E-state index contributed by atoms with van der Waals surface area (Å²) in [6, 6.07) is 17.2. The molecule has 1 atom stereocenters. The van der Waals surface area contributed by atoms with Crippen LogP contribution in [0, 0.1) is 0 Å². The number of urea groups is 1. The summed E-state index contributed by atoms with van der Waals surface area (Å²) >= 11 is 3.47. The Labute approximate surface area is 205 Å². The summed E-state index contributed by atoms with van der Waals surface area (Å²) < 4.78 is 13.1. The highest BCUT2D eigenvalue weighted by Crippen LogP contribution is 2.26. The van der Waals surface area contributed by atoms with Crippen LogP contribution >= 0.6 is 15.9 Å². The molecule has 0 aliphatic heterocycles. The van der Waals surface area contributed by atoms with Gasteiger partial charge in [-0.1, -0.05) is 24.3 Å². The van der Waals surface area contributed by atoms with Crippen molar-refractivity contribution in [2.75, 3.05) is 19.0 Å². The number of carbonyl (C=O) groups is 1. The van der Waals surface area contributed by atoms with Crippen LogP contribution in [0.2, 0.25) is 0 Å². The second-order valence-electron chi connectivity index (χ2n) is 7.73. The first-order valence-electron chi connectivity index (χ1n) is 10.8. The molecule has 0 bridgehead atoms. The molecule has 1 N–H and O–H groups in total. The number of aromatic nitrogens is 2. The molecule has 0 saturated carbocycles. The maximum absolute atomic E-state index is 13.5. The molecular formula is C25H25BrN4O4. The van der Waals surface area contributed by atoms with E-state index in [9.17, 15) is 9.59 Å². The molecule has 2 heterocycles. The lowest BCUT2D eigenvalue weighted by atomic mass is 10.2.